The predicted molar refractivity (Wildman–Crippen MR) is 104 cm³/mol. The van der Waals surface area contributed by atoms with Gasteiger partial charge in [0.2, 0.25) is 11.8 Å². The topological polar surface area (TPSA) is 94.8 Å². The lowest BCUT2D eigenvalue weighted by Gasteiger charge is -2.41. The number of carbonyl (C=O) groups is 2. The number of hydrogen-bond donors (Lipinski definition) is 1. The minimum atomic E-state index is -0.378. The highest BCUT2D eigenvalue weighted by Crippen LogP contribution is 2.25. The average Bonchev–Trinajstić information content (AvgIpc) is 3.11. The van der Waals surface area contributed by atoms with Crippen LogP contribution >= 0.6 is 0 Å². The summed E-state index contributed by atoms with van der Waals surface area (Å²) < 4.78 is 14.3. The Hall–Kier alpha value is -3.59. The van der Waals surface area contributed by atoms with Crippen LogP contribution in [0.2, 0.25) is 0 Å². The fraction of sp³-hybridized carbons (Fsp3) is 0.250. The van der Waals surface area contributed by atoms with Gasteiger partial charge in [-0.1, -0.05) is 18.2 Å². The first-order chi connectivity index (χ1) is 14.2. The first-order valence-electron chi connectivity index (χ1n) is 9.25. The van der Waals surface area contributed by atoms with Crippen molar-refractivity contribution < 1.29 is 19.1 Å². The van der Waals surface area contributed by atoms with Crippen LogP contribution in [0.25, 0.3) is 10.9 Å². The van der Waals surface area contributed by atoms with E-state index in [-0.39, 0.29) is 35.6 Å². The summed E-state index contributed by atoms with van der Waals surface area (Å²) in [7, 11) is 0. The minimum absolute atomic E-state index is 0.0159. The third kappa shape index (κ3) is 2.78. The van der Waals surface area contributed by atoms with Gasteiger partial charge in [0.25, 0.3) is 5.91 Å². The maximum atomic E-state index is 13.0. The van der Waals surface area contributed by atoms with Crippen molar-refractivity contribution >= 4 is 23.2 Å². The summed E-state index contributed by atoms with van der Waals surface area (Å²) in [6.07, 6.45) is 3.62. The van der Waals surface area contributed by atoms with Crippen molar-refractivity contribution in [1.29, 1.82) is 0 Å². The number of fused-ring (bicyclic) bond motifs is 3. The molecule has 1 fully saturated rings. The zero-order valence-corrected chi connectivity index (χ0v) is 15.4. The third-order valence-corrected chi connectivity index (χ3v) is 5.24. The Bertz CT molecular complexity index is 1180. The van der Waals surface area contributed by atoms with E-state index in [4.69, 9.17) is 9.47 Å². The van der Waals surface area contributed by atoms with Gasteiger partial charge in [-0.25, -0.2) is 0 Å². The minimum Gasteiger partial charge on any atom is -0.482 e. The van der Waals surface area contributed by atoms with E-state index in [0.29, 0.717) is 19.8 Å². The highest BCUT2D eigenvalue weighted by Gasteiger charge is 2.36. The van der Waals surface area contributed by atoms with Crippen LogP contribution in [0, 0.1) is 0 Å². The van der Waals surface area contributed by atoms with E-state index in [2.05, 4.69) is 5.43 Å². The normalized spacial score (nSPS) is 18.1. The fourth-order valence-corrected chi connectivity index (χ4v) is 3.85. The molecule has 148 valence electrons. The van der Waals surface area contributed by atoms with Crippen LogP contribution < -0.4 is 15.6 Å². The molecule has 29 heavy (non-hydrogen) atoms. The molecule has 1 saturated heterocycles. The average molecular weight is 394 g/mol. The molecular formula is C20H18N4O5. The molecule has 1 amide bonds. The summed E-state index contributed by atoms with van der Waals surface area (Å²) >= 11 is 0. The lowest BCUT2D eigenvalue weighted by atomic mass is 10.2. The molecule has 0 radical (unpaired) electrons. The molecule has 9 heteroatoms. The maximum Gasteiger partial charge on any atom is 0.278 e. The standard InChI is InChI=1S/C20H18N4O5/c25-12-22-9-13(14-3-1-2-4-15(14)22)10-29-19-16(26)5-6-24-18(19)20(27)23-7-8-28-11-17(23)21-24/h1-6,9,12,17,21H,7-8,10-11H2/t17-/m0/s1. The summed E-state index contributed by atoms with van der Waals surface area (Å²) in [4.78, 5) is 38.5. The van der Waals surface area contributed by atoms with Crippen LogP contribution in [0.4, 0.5) is 0 Å². The molecule has 0 unspecified atom stereocenters. The number of carbonyl (C=O) groups excluding carboxylic acids is 2. The van der Waals surface area contributed by atoms with Gasteiger partial charge >= 0.3 is 0 Å². The number of aromatic nitrogens is 2. The molecule has 2 aliphatic heterocycles. The number of benzene rings is 1. The Kier molecular flexibility index (Phi) is 4.09. The van der Waals surface area contributed by atoms with Crippen LogP contribution in [0.3, 0.4) is 0 Å². The number of para-hydroxylation sites is 1. The first kappa shape index (κ1) is 17.5. The van der Waals surface area contributed by atoms with E-state index in [9.17, 15) is 14.4 Å². The zero-order chi connectivity index (χ0) is 20.0. The Morgan fingerprint density at radius 1 is 1.24 bits per heavy atom. The molecule has 2 aromatic heterocycles. The summed E-state index contributed by atoms with van der Waals surface area (Å²) in [5.74, 6) is -0.294. The van der Waals surface area contributed by atoms with Crippen molar-refractivity contribution in [3.05, 3.63) is 64.2 Å². The van der Waals surface area contributed by atoms with E-state index >= 15 is 0 Å². The molecule has 0 bridgehead atoms. The summed E-state index contributed by atoms with van der Waals surface area (Å²) in [5.41, 5.74) is 4.45. The van der Waals surface area contributed by atoms with E-state index in [1.165, 1.54) is 21.5 Å². The summed E-state index contributed by atoms with van der Waals surface area (Å²) in [6, 6.07) is 8.78. The van der Waals surface area contributed by atoms with Gasteiger partial charge in [-0.05, 0) is 6.07 Å². The lowest BCUT2D eigenvalue weighted by molar-refractivity contribution is -0.00326. The number of nitrogens with zero attached hydrogens (tertiary/aromatic N) is 3. The van der Waals surface area contributed by atoms with Crippen molar-refractivity contribution in [2.75, 3.05) is 25.2 Å². The number of amides is 1. The van der Waals surface area contributed by atoms with Crippen molar-refractivity contribution in [3.63, 3.8) is 0 Å². The molecule has 1 atom stereocenters. The number of ether oxygens (including phenoxy) is 2. The maximum absolute atomic E-state index is 13.0. The van der Waals surface area contributed by atoms with E-state index in [1.807, 2.05) is 24.3 Å². The molecule has 9 nitrogen and oxygen atoms in total. The predicted octanol–water partition coefficient (Wildman–Crippen LogP) is 0.776. The molecule has 1 aromatic carbocycles. The molecule has 1 N–H and O–H groups in total. The van der Waals surface area contributed by atoms with E-state index in [1.54, 1.807) is 11.1 Å². The van der Waals surface area contributed by atoms with Crippen molar-refractivity contribution in [1.82, 2.24) is 14.1 Å². The molecule has 0 aliphatic carbocycles. The molecule has 5 rings (SSSR count). The lowest BCUT2D eigenvalue weighted by Crippen LogP contribution is -2.59. The molecule has 0 saturated carbocycles. The monoisotopic (exact) mass is 394 g/mol. The van der Waals surface area contributed by atoms with Crippen LogP contribution in [-0.4, -0.2) is 52.4 Å². The fourth-order valence-electron chi connectivity index (χ4n) is 3.85. The van der Waals surface area contributed by atoms with Gasteiger partial charge in [0.05, 0.1) is 18.7 Å². The Labute approximate surface area is 165 Å². The van der Waals surface area contributed by atoms with E-state index < -0.39 is 0 Å². The molecule has 0 spiro atoms. The van der Waals surface area contributed by atoms with Gasteiger partial charge in [-0.15, -0.1) is 0 Å². The second-order valence-electron chi connectivity index (χ2n) is 6.92. The Morgan fingerprint density at radius 3 is 2.97 bits per heavy atom. The molecule has 3 aromatic rings. The van der Waals surface area contributed by atoms with Gasteiger partial charge < -0.3 is 19.8 Å². The molecule has 4 heterocycles. The number of hydrogen-bond acceptors (Lipinski definition) is 6. The van der Waals surface area contributed by atoms with Gasteiger partial charge in [-0.2, -0.15) is 0 Å². The SMILES string of the molecule is O=Cn1cc(COc2c3n(ccc2=O)N[C@@H]2COCCN2C3=O)c2ccccc21. The van der Waals surface area contributed by atoms with Crippen LogP contribution in [0.1, 0.15) is 16.1 Å². The van der Waals surface area contributed by atoms with Gasteiger partial charge in [0, 0.05) is 36.0 Å². The van der Waals surface area contributed by atoms with Gasteiger partial charge in [0.1, 0.15) is 12.8 Å². The van der Waals surface area contributed by atoms with Crippen LogP contribution in [0.15, 0.2) is 47.5 Å². The largest absolute Gasteiger partial charge is 0.482 e. The summed E-state index contributed by atoms with van der Waals surface area (Å²) in [5, 5.41) is 0.849. The third-order valence-electron chi connectivity index (χ3n) is 5.24. The Morgan fingerprint density at radius 2 is 2.10 bits per heavy atom. The van der Waals surface area contributed by atoms with Crippen molar-refractivity contribution in [2.45, 2.75) is 12.8 Å². The highest BCUT2D eigenvalue weighted by atomic mass is 16.5. The molecular weight excluding hydrogens is 376 g/mol. The second kappa shape index (κ2) is 6.78. The number of morpholine rings is 1. The number of nitrogens with one attached hydrogen (secondary N) is 1. The smallest absolute Gasteiger partial charge is 0.278 e. The van der Waals surface area contributed by atoms with Crippen molar-refractivity contribution in [2.24, 2.45) is 0 Å². The first-order valence-corrected chi connectivity index (χ1v) is 9.25. The molecule has 2 aliphatic rings. The zero-order valence-electron chi connectivity index (χ0n) is 15.4. The van der Waals surface area contributed by atoms with Gasteiger partial charge in [-0.3, -0.25) is 23.6 Å². The second-order valence-corrected chi connectivity index (χ2v) is 6.92. The van der Waals surface area contributed by atoms with Crippen molar-refractivity contribution in [3.8, 4) is 5.75 Å². The Balaban J connectivity index is 1.51. The quantitative estimate of drug-likeness (QED) is 0.657. The van der Waals surface area contributed by atoms with Gasteiger partial charge in [0.15, 0.2) is 11.4 Å². The number of rotatable bonds is 4. The van der Waals surface area contributed by atoms with Crippen LogP contribution in [0.5, 0.6) is 5.75 Å². The van der Waals surface area contributed by atoms with Crippen LogP contribution in [-0.2, 0) is 16.1 Å². The summed E-state index contributed by atoms with van der Waals surface area (Å²) in [6.45, 7) is 1.31. The van der Waals surface area contributed by atoms with E-state index in [0.717, 1.165) is 22.9 Å². The highest BCUT2D eigenvalue weighted by molar-refractivity contribution is 5.96. The number of pyridine rings is 1.